The van der Waals surface area contributed by atoms with Gasteiger partial charge in [0, 0.05) is 12.4 Å². The van der Waals surface area contributed by atoms with Crippen LogP contribution in [0.3, 0.4) is 0 Å². The average Bonchev–Trinajstić information content (AvgIpc) is 2.79. The molecule has 17 heavy (non-hydrogen) atoms. The molecule has 0 aliphatic rings. The number of rotatable bonds is 5. The van der Waals surface area contributed by atoms with Crippen molar-refractivity contribution in [2.75, 3.05) is 10.6 Å². The number of hydrogen-bond donors (Lipinski definition) is 3. The first-order valence-corrected chi connectivity index (χ1v) is 5.09. The van der Waals surface area contributed by atoms with Gasteiger partial charge in [0.05, 0.1) is 23.3 Å². The third kappa shape index (κ3) is 2.52. The molecule has 0 unspecified atom stereocenters. The van der Waals surface area contributed by atoms with Gasteiger partial charge in [0.2, 0.25) is 0 Å². The topological polar surface area (TPSA) is 65.6 Å². The number of anilines is 2. The highest BCUT2D eigenvalue weighted by molar-refractivity contribution is 5.79. The van der Waals surface area contributed by atoms with Gasteiger partial charge in [0.25, 0.3) is 0 Å². The van der Waals surface area contributed by atoms with Crippen molar-refractivity contribution in [3.8, 4) is 0 Å². The summed E-state index contributed by atoms with van der Waals surface area (Å²) in [7, 11) is 0. The largest absolute Gasteiger partial charge is 0.359 e. The van der Waals surface area contributed by atoms with Crippen LogP contribution in [-0.2, 0) is 0 Å². The number of H-pyrrole nitrogens is 1. The van der Waals surface area contributed by atoms with Crippen LogP contribution in [0.5, 0.6) is 0 Å². The number of aromatic amines is 1. The van der Waals surface area contributed by atoms with Crippen molar-refractivity contribution in [2.24, 2.45) is 0 Å². The van der Waals surface area contributed by atoms with Gasteiger partial charge in [0.15, 0.2) is 0 Å². The fourth-order valence-electron chi connectivity index (χ4n) is 1.41. The number of aromatic nitrogens is 3. The van der Waals surface area contributed by atoms with Crippen LogP contribution in [0.2, 0.25) is 0 Å². The van der Waals surface area contributed by atoms with Crippen molar-refractivity contribution >= 4 is 17.1 Å². The molecule has 86 valence electrons. The molecule has 0 radical (unpaired) electrons. The fraction of sp³-hybridized carbons (Fsp3) is 0. The zero-order valence-corrected chi connectivity index (χ0v) is 9.27. The Labute approximate surface area is 99.3 Å². The van der Waals surface area contributed by atoms with Crippen molar-refractivity contribution in [1.82, 2.24) is 15.2 Å². The predicted molar refractivity (Wildman–Crippen MR) is 69.3 cm³/mol. The smallest absolute Gasteiger partial charge is 0.131 e. The highest BCUT2D eigenvalue weighted by Crippen LogP contribution is 2.21. The van der Waals surface area contributed by atoms with E-state index >= 15 is 0 Å². The van der Waals surface area contributed by atoms with Crippen LogP contribution >= 0.6 is 0 Å². The Morgan fingerprint density at radius 1 is 1.47 bits per heavy atom. The van der Waals surface area contributed by atoms with Gasteiger partial charge in [-0.25, -0.2) is 0 Å². The Morgan fingerprint density at radius 2 is 2.35 bits per heavy atom. The summed E-state index contributed by atoms with van der Waals surface area (Å²) in [4.78, 5) is 4.01. The number of hydrogen-bond acceptors (Lipinski definition) is 4. The van der Waals surface area contributed by atoms with Gasteiger partial charge < -0.3 is 10.6 Å². The van der Waals surface area contributed by atoms with Gasteiger partial charge in [-0.15, -0.1) is 0 Å². The molecule has 0 saturated heterocycles. The second-order valence-corrected chi connectivity index (χ2v) is 3.34. The maximum absolute atomic E-state index is 4.11. The van der Waals surface area contributed by atoms with Crippen LogP contribution in [0, 0.1) is 0 Å². The van der Waals surface area contributed by atoms with Crippen LogP contribution in [0.25, 0.3) is 5.70 Å². The lowest BCUT2D eigenvalue weighted by Crippen LogP contribution is -2.00. The fourth-order valence-corrected chi connectivity index (χ4v) is 1.41. The second kappa shape index (κ2) is 4.98. The quantitative estimate of drug-likeness (QED) is 0.734. The van der Waals surface area contributed by atoms with Crippen molar-refractivity contribution in [3.63, 3.8) is 0 Å². The van der Waals surface area contributed by atoms with E-state index in [-0.39, 0.29) is 0 Å². The Morgan fingerprint density at radius 3 is 3.06 bits per heavy atom. The molecular weight excluding hydrogens is 214 g/mol. The first-order chi connectivity index (χ1) is 8.31. The molecule has 5 heteroatoms. The van der Waals surface area contributed by atoms with Gasteiger partial charge in [-0.1, -0.05) is 13.2 Å². The summed E-state index contributed by atoms with van der Waals surface area (Å²) in [6, 6.07) is 3.76. The molecule has 0 aliphatic carbocycles. The van der Waals surface area contributed by atoms with E-state index in [9.17, 15) is 0 Å². The minimum Gasteiger partial charge on any atom is -0.359 e. The molecule has 0 fully saturated rings. The molecule has 0 aromatic carbocycles. The van der Waals surface area contributed by atoms with E-state index < -0.39 is 0 Å². The minimum absolute atomic E-state index is 0.684. The van der Waals surface area contributed by atoms with E-state index in [1.165, 1.54) is 0 Å². The van der Waals surface area contributed by atoms with Gasteiger partial charge in [-0.05, 0) is 18.3 Å². The molecule has 2 aromatic heterocycles. The number of nitrogens with one attached hydrogen (secondary N) is 3. The molecule has 3 N–H and O–H groups in total. The molecule has 0 spiro atoms. The monoisotopic (exact) mass is 227 g/mol. The standard InChI is InChI=1S/C12H13N5/c1-3-14-11-8-15-17-12(11)9(2)16-10-5-4-6-13-7-10/h3-8,14,16H,1-2H2,(H,15,17). The number of nitrogens with zero attached hydrogens (tertiary/aromatic N) is 2. The molecule has 2 heterocycles. The summed E-state index contributed by atoms with van der Waals surface area (Å²) in [6.07, 6.45) is 6.77. The molecule has 5 nitrogen and oxygen atoms in total. The summed E-state index contributed by atoms with van der Waals surface area (Å²) in [5.74, 6) is 0. The van der Waals surface area contributed by atoms with E-state index in [1.54, 1.807) is 24.8 Å². The molecule has 0 atom stereocenters. The highest BCUT2D eigenvalue weighted by Gasteiger charge is 2.08. The molecule has 0 amide bonds. The van der Waals surface area contributed by atoms with E-state index in [0.29, 0.717) is 11.4 Å². The average molecular weight is 227 g/mol. The van der Waals surface area contributed by atoms with E-state index in [2.05, 4.69) is 39.0 Å². The number of pyridine rings is 1. The highest BCUT2D eigenvalue weighted by atomic mass is 15.1. The summed E-state index contributed by atoms with van der Waals surface area (Å²) in [6.45, 7) is 7.55. The molecular formula is C12H13N5. The van der Waals surface area contributed by atoms with Gasteiger partial charge >= 0.3 is 0 Å². The Balaban J connectivity index is 2.15. The van der Waals surface area contributed by atoms with E-state index in [4.69, 9.17) is 0 Å². The molecule has 2 rings (SSSR count). The van der Waals surface area contributed by atoms with Crippen LogP contribution in [0.15, 0.2) is 50.1 Å². The summed E-state index contributed by atoms with van der Waals surface area (Å²) in [5, 5.41) is 13.0. The Bertz CT molecular complexity index is 515. The molecule has 0 aliphatic heterocycles. The lowest BCUT2D eigenvalue weighted by atomic mass is 10.3. The van der Waals surface area contributed by atoms with E-state index in [1.807, 2.05) is 12.1 Å². The van der Waals surface area contributed by atoms with Crippen molar-refractivity contribution in [2.45, 2.75) is 0 Å². The lowest BCUT2D eigenvalue weighted by Gasteiger charge is -2.08. The SMILES string of the molecule is C=CNc1c[nH]nc1C(=C)Nc1cccnc1. The Kier molecular flexibility index (Phi) is 3.20. The first kappa shape index (κ1) is 10.9. The maximum atomic E-state index is 4.11. The zero-order chi connectivity index (χ0) is 12.1. The summed E-state index contributed by atoms with van der Waals surface area (Å²) < 4.78 is 0. The van der Waals surface area contributed by atoms with Crippen molar-refractivity contribution in [3.05, 3.63) is 55.8 Å². The normalized spacial score (nSPS) is 9.65. The zero-order valence-electron chi connectivity index (χ0n) is 9.27. The van der Waals surface area contributed by atoms with Crippen molar-refractivity contribution < 1.29 is 0 Å². The van der Waals surface area contributed by atoms with Gasteiger partial charge in [-0.2, -0.15) is 5.10 Å². The van der Waals surface area contributed by atoms with Crippen LogP contribution < -0.4 is 10.6 Å². The van der Waals surface area contributed by atoms with Gasteiger partial charge in [-0.3, -0.25) is 10.1 Å². The molecule has 0 saturated carbocycles. The lowest BCUT2D eigenvalue weighted by molar-refractivity contribution is 1.07. The first-order valence-electron chi connectivity index (χ1n) is 5.09. The molecule has 0 bridgehead atoms. The minimum atomic E-state index is 0.684. The van der Waals surface area contributed by atoms with Gasteiger partial charge in [0.1, 0.15) is 5.69 Å². The third-order valence-electron chi connectivity index (χ3n) is 2.14. The predicted octanol–water partition coefficient (Wildman–Crippen LogP) is 2.44. The van der Waals surface area contributed by atoms with Crippen molar-refractivity contribution in [1.29, 1.82) is 0 Å². The van der Waals surface area contributed by atoms with Crippen LogP contribution in [-0.4, -0.2) is 15.2 Å². The second-order valence-electron chi connectivity index (χ2n) is 3.34. The van der Waals surface area contributed by atoms with E-state index in [0.717, 1.165) is 11.4 Å². The van der Waals surface area contributed by atoms with Crippen LogP contribution in [0.1, 0.15) is 5.69 Å². The van der Waals surface area contributed by atoms with Crippen LogP contribution in [0.4, 0.5) is 11.4 Å². The maximum Gasteiger partial charge on any atom is 0.131 e. The Hall–Kier alpha value is -2.56. The summed E-state index contributed by atoms with van der Waals surface area (Å²) in [5.41, 5.74) is 3.09. The third-order valence-corrected chi connectivity index (χ3v) is 2.14. The summed E-state index contributed by atoms with van der Waals surface area (Å²) >= 11 is 0. The molecule has 2 aromatic rings.